The number of halogens is 3. The zero-order valence-corrected chi connectivity index (χ0v) is 12.9. The summed E-state index contributed by atoms with van der Waals surface area (Å²) >= 11 is 17.7. The fraction of sp³-hybridized carbons (Fsp3) is 0.100. The minimum Gasteiger partial charge on any atom is -0.295 e. The highest BCUT2D eigenvalue weighted by Gasteiger charge is 2.24. The van der Waals surface area contributed by atoms with E-state index in [0.29, 0.717) is 5.69 Å². The van der Waals surface area contributed by atoms with Crippen molar-refractivity contribution in [2.45, 2.75) is 11.8 Å². The number of aromatic nitrogens is 2. The number of aromatic amines is 1. The molecule has 0 radical (unpaired) electrons. The second-order valence-electron chi connectivity index (χ2n) is 3.92. The number of nitrogens with one attached hydrogen (secondary N) is 1. The average molecular weight is 358 g/mol. The fourth-order valence-electron chi connectivity index (χ4n) is 1.63. The van der Waals surface area contributed by atoms with Crippen molar-refractivity contribution in [3.63, 3.8) is 0 Å². The molecule has 2 rings (SSSR count). The first kappa shape index (κ1) is 15.4. The number of rotatable bonds is 2. The zero-order chi connectivity index (χ0) is 15.2. The molecule has 1 aromatic carbocycles. The minimum absolute atomic E-state index is 0.118. The molecule has 0 fully saturated rings. The van der Waals surface area contributed by atoms with Gasteiger partial charge in [0.1, 0.15) is 10.6 Å². The van der Waals surface area contributed by atoms with E-state index in [1.54, 1.807) is 6.92 Å². The molecule has 2 N–H and O–H groups in total. The van der Waals surface area contributed by atoms with Gasteiger partial charge in [0.25, 0.3) is 15.7 Å². The second kappa shape index (κ2) is 5.09. The Balaban J connectivity index is 2.93. The standard InChI is InChI=1S/C10H7Cl3N2O4S/c1-4-2-7(16)15(14-4)10-8(12)5(11)3-6(9(10)13)20(17,18)19/h2-3,14H,1H3,(H,17,18,19). The van der Waals surface area contributed by atoms with Gasteiger partial charge in [0.15, 0.2) is 0 Å². The van der Waals surface area contributed by atoms with Crippen LogP contribution in [0.3, 0.4) is 0 Å². The highest BCUT2D eigenvalue weighted by atomic mass is 35.5. The average Bonchev–Trinajstić information content (AvgIpc) is 2.62. The van der Waals surface area contributed by atoms with Gasteiger partial charge in [-0.05, 0) is 13.0 Å². The topological polar surface area (TPSA) is 92.2 Å². The van der Waals surface area contributed by atoms with Crippen LogP contribution >= 0.6 is 34.8 Å². The molecule has 20 heavy (non-hydrogen) atoms. The van der Waals surface area contributed by atoms with Crippen LogP contribution in [0.15, 0.2) is 21.8 Å². The van der Waals surface area contributed by atoms with Crippen molar-refractivity contribution in [1.29, 1.82) is 0 Å². The number of nitrogens with zero attached hydrogens (tertiary/aromatic N) is 1. The molecule has 0 aliphatic heterocycles. The first-order chi connectivity index (χ1) is 9.12. The monoisotopic (exact) mass is 356 g/mol. The van der Waals surface area contributed by atoms with Crippen LogP contribution in [0.4, 0.5) is 0 Å². The summed E-state index contributed by atoms with van der Waals surface area (Å²) in [6, 6.07) is 2.17. The highest BCUT2D eigenvalue weighted by Crippen LogP contribution is 2.38. The number of hydrogen-bond donors (Lipinski definition) is 2. The Morgan fingerprint density at radius 1 is 1.20 bits per heavy atom. The quantitative estimate of drug-likeness (QED) is 0.638. The van der Waals surface area contributed by atoms with Gasteiger partial charge in [0.2, 0.25) is 0 Å². The van der Waals surface area contributed by atoms with E-state index in [1.807, 2.05) is 0 Å². The van der Waals surface area contributed by atoms with Crippen LogP contribution in [0.5, 0.6) is 0 Å². The van der Waals surface area contributed by atoms with Crippen LogP contribution in [0, 0.1) is 6.92 Å². The van der Waals surface area contributed by atoms with Gasteiger partial charge in [-0.1, -0.05) is 34.8 Å². The van der Waals surface area contributed by atoms with Gasteiger partial charge >= 0.3 is 0 Å². The molecule has 1 aromatic heterocycles. The minimum atomic E-state index is -4.61. The molecule has 0 spiro atoms. The molecule has 108 valence electrons. The molecular formula is C10H7Cl3N2O4S. The van der Waals surface area contributed by atoms with Gasteiger partial charge in [-0.3, -0.25) is 14.4 Å². The summed E-state index contributed by atoms with van der Waals surface area (Å²) in [6.07, 6.45) is 0. The van der Waals surface area contributed by atoms with E-state index in [2.05, 4.69) is 5.10 Å². The summed E-state index contributed by atoms with van der Waals surface area (Å²) in [6.45, 7) is 1.62. The van der Waals surface area contributed by atoms with Crippen LogP contribution in [-0.2, 0) is 10.1 Å². The molecule has 0 saturated carbocycles. The summed E-state index contributed by atoms with van der Waals surface area (Å²) in [5, 5.41) is 1.95. The lowest BCUT2D eigenvalue weighted by Crippen LogP contribution is -2.16. The molecule has 1 heterocycles. The lowest BCUT2D eigenvalue weighted by molar-refractivity contribution is 0.483. The van der Waals surface area contributed by atoms with Gasteiger partial charge in [-0.25, -0.2) is 4.68 Å². The lowest BCUT2D eigenvalue weighted by atomic mass is 10.3. The van der Waals surface area contributed by atoms with E-state index in [9.17, 15) is 13.2 Å². The van der Waals surface area contributed by atoms with E-state index >= 15 is 0 Å². The largest absolute Gasteiger partial charge is 0.296 e. The zero-order valence-electron chi connectivity index (χ0n) is 9.82. The normalized spacial score (nSPS) is 11.8. The number of hydrogen-bond acceptors (Lipinski definition) is 3. The smallest absolute Gasteiger partial charge is 0.295 e. The third-order valence-electron chi connectivity index (χ3n) is 2.45. The van der Waals surface area contributed by atoms with Crippen LogP contribution < -0.4 is 5.56 Å². The van der Waals surface area contributed by atoms with Crippen molar-refractivity contribution in [3.8, 4) is 5.69 Å². The second-order valence-corrected chi connectivity index (χ2v) is 6.47. The molecule has 0 unspecified atom stereocenters. The van der Waals surface area contributed by atoms with Crippen molar-refractivity contribution in [2.24, 2.45) is 0 Å². The van der Waals surface area contributed by atoms with Crippen molar-refractivity contribution in [2.75, 3.05) is 0 Å². The Morgan fingerprint density at radius 2 is 1.80 bits per heavy atom. The lowest BCUT2D eigenvalue weighted by Gasteiger charge is -2.12. The molecule has 6 nitrogen and oxygen atoms in total. The Bertz CT molecular complexity index is 854. The molecule has 2 aromatic rings. The third-order valence-corrected chi connectivity index (χ3v) is 4.60. The Kier molecular flexibility index (Phi) is 3.92. The molecule has 0 atom stereocenters. The van der Waals surface area contributed by atoms with Crippen molar-refractivity contribution in [3.05, 3.63) is 43.2 Å². The van der Waals surface area contributed by atoms with Gasteiger partial charge in [0.05, 0.1) is 15.1 Å². The maximum absolute atomic E-state index is 11.8. The third kappa shape index (κ3) is 2.59. The van der Waals surface area contributed by atoms with Crippen LogP contribution in [-0.4, -0.2) is 22.8 Å². The summed E-state index contributed by atoms with van der Waals surface area (Å²) in [7, 11) is -4.61. The number of benzene rings is 1. The molecule has 0 aliphatic rings. The van der Waals surface area contributed by atoms with E-state index in [4.69, 9.17) is 39.4 Å². The molecular weight excluding hydrogens is 351 g/mol. The maximum Gasteiger partial charge on any atom is 0.296 e. The predicted molar refractivity (Wildman–Crippen MR) is 76.0 cm³/mol. The van der Waals surface area contributed by atoms with Crippen LogP contribution in [0.25, 0.3) is 5.69 Å². The molecule has 0 amide bonds. The molecule has 0 saturated heterocycles. The SMILES string of the molecule is Cc1cc(=O)n(-c2c(Cl)c(Cl)cc(S(=O)(=O)O)c2Cl)[nH]1. The molecule has 10 heteroatoms. The summed E-state index contributed by atoms with van der Waals surface area (Å²) in [5.41, 5.74) is -0.142. The fourth-order valence-corrected chi connectivity index (χ4v) is 3.29. The number of H-pyrrole nitrogens is 1. The summed E-state index contributed by atoms with van der Waals surface area (Å²) in [5.74, 6) is 0. The van der Waals surface area contributed by atoms with E-state index < -0.39 is 25.6 Å². The Morgan fingerprint density at radius 3 is 2.25 bits per heavy atom. The summed E-state index contributed by atoms with van der Waals surface area (Å²) < 4.78 is 32.6. The van der Waals surface area contributed by atoms with Crippen molar-refractivity contribution < 1.29 is 13.0 Å². The van der Waals surface area contributed by atoms with E-state index in [-0.39, 0.29) is 15.7 Å². The van der Waals surface area contributed by atoms with Gasteiger partial charge in [-0.2, -0.15) is 8.42 Å². The van der Waals surface area contributed by atoms with Crippen LogP contribution in [0.1, 0.15) is 5.69 Å². The first-order valence-corrected chi connectivity index (χ1v) is 7.64. The predicted octanol–water partition coefficient (Wildman–Crippen LogP) is 2.68. The van der Waals surface area contributed by atoms with Crippen molar-refractivity contribution in [1.82, 2.24) is 9.78 Å². The molecule has 0 aliphatic carbocycles. The van der Waals surface area contributed by atoms with Gasteiger partial charge in [0, 0.05) is 11.8 Å². The Hall–Kier alpha value is -0.990. The van der Waals surface area contributed by atoms with E-state index in [0.717, 1.165) is 10.7 Å². The van der Waals surface area contributed by atoms with Gasteiger partial charge < -0.3 is 0 Å². The Labute approximate surface area is 128 Å². The highest BCUT2D eigenvalue weighted by molar-refractivity contribution is 7.86. The van der Waals surface area contributed by atoms with Crippen molar-refractivity contribution >= 4 is 44.9 Å². The summed E-state index contributed by atoms with van der Waals surface area (Å²) in [4.78, 5) is 11.1. The number of aryl methyl sites for hydroxylation is 1. The molecule has 0 bridgehead atoms. The van der Waals surface area contributed by atoms with E-state index in [1.165, 1.54) is 6.07 Å². The van der Waals surface area contributed by atoms with Crippen LogP contribution in [0.2, 0.25) is 15.1 Å². The van der Waals surface area contributed by atoms with Gasteiger partial charge in [-0.15, -0.1) is 0 Å². The maximum atomic E-state index is 11.8. The first-order valence-electron chi connectivity index (χ1n) is 5.07.